The molecule has 0 saturated carbocycles. The van der Waals surface area contributed by atoms with Gasteiger partial charge in [0.1, 0.15) is 0 Å². The lowest BCUT2D eigenvalue weighted by molar-refractivity contribution is 0.404. The zero-order chi connectivity index (χ0) is 41.3. The summed E-state index contributed by atoms with van der Waals surface area (Å²) in [5.41, 5.74) is 4.52. The second kappa shape index (κ2) is 91.1. The van der Waals surface area contributed by atoms with Gasteiger partial charge in [0, 0.05) is 0 Å². The van der Waals surface area contributed by atoms with Crippen LogP contribution in [0, 0.1) is 23.7 Å². The first-order valence-corrected chi connectivity index (χ1v) is 20.9. The largest absolute Gasteiger partial charge is 0.251 e. The smallest absolute Gasteiger partial charge is 0.0917 e. The molecule has 0 aromatic heterocycles. The maximum absolute atomic E-state index is 11.1. The van der Waals surface area contributed by atoms with Crippen LogP contribution in [0.15, 0.2) is 67.5 Å². The highest BCUT2D eigenvalue weighted by Crippen LogP contribution is 2.14. The third kappa shape index (κ3) is 122. The minimum atomic E-state index is -0.194. The highest BCUT2D eigenvalue weighted by molar-refractivity contribution is 4.94. The molecule has 0 unspecified atom stereocenters. The van der Waals surface area contributed by atoms with Gasteiger partial charge in [-0.3, -0.25) is 4.39 Å². The third-order valence-corrected chi connectivity index (χ3v) is 6.02. The molecule has 0 aliphatic heterocycles. The Morgan fingerprint density at radius 3 is 1.27 bits per heavy atom. The molecule has 1 heteroatoms. The van der Waals surface area contributed by atoms with Gasteiger partial charge < -0.3 is 0 Å². The molecular formula is C48H103F. The summed E-state index contributed by atoms with van der Waals surface area (Å²) in [7, 11) is 0. The second-order valence-electron chi connectivity index (χ2n) is 11.1. The molecule has 0 radical (unpaired) electrons. The lowest BCUT2D eigenvalue weighted by Gasteiger charge is -2.12. The van der Waals surface area contributed by atoms with Crippen LogP contribution in [0.1, 0.15) is 216 Å². The monoisotopic (exact) mass is 699 g/mol. The maximum Gasteiger partial charge on any atom is 0.0917 e. The van der Waals surface area contributed by atoms with Gasteiger partial charge >= 0.3 is 0 Å². The minimum Gasteiger partial charge on any atom is -0.251 e. The summed E-state index contributed by atoms with van der Waals surface area (Å²) < 4.78 is 11.1. The fourth-order valence-corrected chi connectivity index (χ4v) is 2.98. The molecule has 0 aliphatic carbocycles. The Morgan fingerprint density at radius 2 is 1.10 bits per heavy atom. The van der Waals surface area contributed by atoms with Crippen LogP contribution >= 0.6 is 0 Å². The van der Waals surface area contributed by atoms with Gasteiger partial charge in [-0.2, -0.15) is 0 Å². The summed E-state index contributed by atoms with van der Waals surface area (Å²) >= 11 is 0. The van der Waals surface area contributed by atoms with E-state index >= 15 is 0 Å². The Balaban J connectivity index is -0.0000000452. The van der Waals surface area contributed by atoms with Crippen molar-refractivity contribution in [3.8, 4) is 0 Å². The maximum atomic E-state index is 11.1. The number of halogens is 1. The van der Waals surface area contributed by atoms with Crippen molar-refractivity contribution in [2.24, 2.45) is 23.7 Å². The Bertz CT molecular complexity index is 552. The predicted molar refractivity (Wildman–Crippen MR) is 241 cm³/mol. The van der Waals surface area contributed by atoms with E-state index < -0.39 is 0 Å². The minimum absolute atomic E-state index is 0.194. The Hall–Kier alpha value is -1.59. The molecule has 0 nitrogen and oxygen atoms in total. The van der Waals surface area contributed by atoms with Crippen LogP contribution in [-0.4, -0.2) is 6.67 Å². The second-order valence-corrected chi connectivity index (χ2v) is 11.1. The summed E-state index contributed by atoms with van der Waals surface area (Å²) in [6.45, 7) is 54.4. The fraction of sp³-hybridized carbons (Fsp3) is 0.771. The number of unbranched alkanes of at least 4 members (excludes halogenated alkanes) is 2. The van der Waals surface area contributed by atoms with Crippen LogP contribution in [-0.2, 0) is 0 Å². The first-order valence-electron chi connectivity index (χ1n) is 20.9. The molecule has 0 fully saturated rings. The normalized spacial score (nSPS) is 9.12. The highest BCUT2D eigenvalue weighted by atomic mass is 19.1. The van der Waals surface area contributed by atoms with E-state index in [0.717, 1.165) is 30.6 Å². The van der Waals surface area contributed by atoms with Crippen LogP contribution in [0.25, 0.3) is 0 Å². The van der Waals surface area contributed by atoms with Gasteiger partial charge in [0.05, 0.1) is 6.67 Å². The van der Waals surface area contributed by atoms with E-state index in [4.69, 9.17) is 0 Å². The summed E-state index contributed by atoms with van der Waals surface area (Å²) in [6.07, 6.45) is 26.0. The van der Waals surface area contributed by atoms with Crippen molar-refractivity contribution in [2.45, 2.75) is 216 Å². The van der Waals surface area contributed by atoms with Crippen molar-refractivity contribution in [1.82, 2.24) is 0 Å². The van der Waals surface area contributed by atoms with Gasteiger partial charge in [0.15, 0.2) is 0 Å². The standard InChI is InChI=1S/C9H18.2C8H16.C7H12.C4H9F.C4H8.4C2H6/c1-4-7-9(6-3)8-5-2;1-5-8(6-2)7(3)4;1-4-6-7-8(3)5-2;1-3-5-7-6-4-2;1-4(2)3-5;1-3-4-2;4*1-2/h6,9H,3-5,7-8H2,1-2H3;5,7-8H,1,6H2,2-4H3;5H,4,6-7H2,1-3H3;3,7H,4,6H2,1-2H3;4H,3H2,1-2H3;3H,1,4H2,2H3;4*1-2H3/b;;8-5+;;;;;;;/t;8-;;;;;;;;/m.0......../s1. The molecule has 0 rings (SSSR count). The molecule has 302 valence electrons. The van der Waals surface area contributed by atoms with Crippen LogP contribution < -0.4 is 0 Å². The molecule has 0 amide bonds. The SMILES string of the molecule is C/C=C(\C)CCCC.C=CC(CCC)CCC.C=CCC.C=C[C@@H](CC)C(C)C.CC.CC.CC.CC.CC(C)CF.CC=C=CCCC. The fourth-order valence-electron chi connectivity index (χ4n) is 2.98. The number of alkyl halides is 1. The Morgan fingerprint density at radius 1 is 0.694 bits per heavy atom. The average Bonchev–Trinajstić information content (AvgIpc) is 3.15. The van der Waals surface area contributed by atoms with E-state index in [1.165, 1.54) is 63.4 Å². The predicted octanol–water partition coefficient (Wildman–Crippen LogP) is 19.2. The van der Waals surface area contributed by atoms with Crippen molar-refractivity contribution in [3.63, 3.8) is 0 Å². The first kappa shape index (κ1) is 73.0. The Labute approximate surface area is 317 Å². The molecular weight excluding hydrogens is 596 g/mol. The van der Waals surface area contributed by atoms with Gasteiger partial charge in [-0.1, -0.05) is 180 Å². The highest BCUT2D eigenvalue weighted by Gasteiger charge is 2.04. The molecule has 0 aromatic carbocycles. The summed E-state index contributed by atoms with van der Waals surface area (Å²) in [4.78, 5) is 0. The van der Waals surface area contributed by atoms with E-state index in [-0.39, 0.29) is 12.6 Å². The van der Waals surface area contributed by atoms with Gasteiger partial charge in [-0.15, -0.1) is 25.5 Å². The Kier molecular flexibility index (Phi) is 136. The van der Waals surface area contributed by atoms with Gasteiger partial charge in [-0.25, -0.2) is 0 Å². The van der Waals surface area contributed by atoms with Crippen molar-refractivity contribution >= 4 is 0 Å². The third-order valence-electron chi connectivity index (χ3n) is 6.02. The van der Waals surface area contributed by atoms with Crippen molar-refractivity contribution in [3.05, 3.63) is 67.5 Å². The summed E-state index contributed by atoms with van der Waals surface area (Å²) in [5.74, 6) is 2.47. The number of allylic oxidation sites excluding steroid dienone is 6. The lowest BCUT2D eigenvalue weighted by atomic mass is 9.94. The average molecular weight is 699 g/mol. The number of hydrogen-bond donors (Lipinski definition) is 0. The van der Waals surface area contributed by atoms with E-state index in [1.807, 2.05) is 94.4 Å². The van der Waals surface area contributed by atoms with Gasteiger partial charge in [-0.05, 0) is 102 Å². The van der Waals surface area contributed by atoms with Gasteiger partial charge in [0.2, 0.25) is 0 Å². The zero-order valence-corrected chi connectivity index (χ0v) is 38.8. The number of hydrogen-bond acceptors (Lipinski definition) is 0. The van der Waals surface area contributed by atoms with E-state index in [2.05, 4.69) is 113 Å². The van der Waals surface area contributed by atoms with Crippen LogP contribution in [0.4, 0.5) is 4.39 Å². The summed E-state index contributed by atoms with van der Waals surface area (Å²) in [6, 6.07) is 0. The molecule has 0 N–H and O–H groups in total. The van der Waals surface area contributed by atoms with Gasteiger partial charge in [0.25, 0.3) is 0 Å². The molecule has 0 aromatic rings. The van der Waals surface area contributed by atoms with Crippen molar-refractivity contribution in [1.29, 1.82) is 0 Å². The topological polar surface area (TPSA) is 0 Å². The van der Waals surface area contributed by atoms with Crippen molar-refractivity contribution < 1.29 is 4.39 Å². The molecule has 0 spiro atoms. The van der Waals surface area contributed by atoms with Crippen LogP contribution in [0.3, 0.4) is 0 Å². The summed E-state index contributed by atoms with van der Waals surface area (Å²) in [5, 5.41) is 0. The molecule has 0 aliphatic rings. The van der Waals surface area contributed by atoms with E-state index in [9.17, 15) is 4.39 Å². The lowest BCUT2D eigenvalue weighted by Crippen LogP contribution is -2.02. The molecule has 0 saturated heterocycles. The van der Waals surface area contributed by atoms with Crippen LogP contribution in [0.5, 0.6) is 0 Å². The van der Waals surface area contributed by atoms with E-state index in [1.54, 1.807) is 0 Å². The zero-order valence-electron chi connectivity index (χ0n) is 38.8. The molecule has 49 heavy (non-hydrogen) atoms. The van der Waals surface area contributed by atoms with Crippen LogP contribution in [0.2, 0.25) is 0 Å². The molecule has 1 atom stereocenters. The molecule has 0 bridgehead atoms. The van der Waals surface area contributed by atoms with E-state index in [0.29, 0.717) is 0 Å². The number of rotatable bonds is 15. The first-order chi connectivity index (χ1) is 23.5. The quantitative estimate of drug-likeness (QED) is 0.118. The van der Waals surface area contributed by atoms with Crippen molar-refractivity contribution in [2.75, 3.05) is 6.67 Å². The molecule has 0 heterocycles.